The van der Waals surface area contributed by atoms with Gasteiger partial charge in [0, 0.05) is 5.92 Å². The fraction of sp³-hybridized carbons (Fsp3) is 0.917. The molecule has 1 spiro atoms. The summed E-state index contributed by atoms with van der Waals surface area (Å²) in [7, 11) is 0. The van der Waals surface area contributed by atoms with E-state index in [1.165, 1.54) is 51.4 Å². The van der Waals surface area contributed by atoms with Crippen molar-refractivity contribution in [1.82, 2.24) is 0 Å². The number of nitrogens with two attached hydrogens (primary N) is 1. The molecular weight excluding hydrogens is 172 g/mol. The quantitative estimate of drug-likeness (QED) is 0.530. The second-order valence-corrected chi connectivity index (χ2v) is 5.58. The number of hydrogen-bond acceptors (Lipinski definition) is 1. The Kier molecular flexibility index (Phi) is 1.86. The van der Waals surface area contributed by atoms with E-state index in [9.17, 15) is 0 Å². The lowest BCUT2D eigenvalue weighted by atomic mass is 9.83. The van der Waals surface area contributed by atoms with Gasteiger partial charge in [0.25, 0.3) is 0 Å². The monoisotopic (exact) mass is 192 g/mol. The Morgan fingerprint density at radius 3 is 2.57 bits per heavy atom. The van der Waals surface area contributed by atoms with Gasteiger partial charge in [-0.25, -0.2) is 0 Å². The molecule has 2 N–H and O–H groups in total. The maximum absolute atomic E-state index is 5.97. The van der Waals surface area contributed by atoms with E-state index in [1.54, 1.807) is 0 Å². The average molecular weight is 192 g/mol. The molecule has 0 aliphatic heterocycles. The molecule has 0 radical (unpaired) electrons. The minimum absolute atomic E-state index is 0.576. The van der Waals surface area contributed by atoms with Gasteiger partial charge < -0.3 is 5.73 Å². The van der Waals surface area contributed by atoms with Gasteiger partial charge >= 0.3 is 0 Å². The third kappa shape index (κ3) is 1.67. The van der Waals surface area contributed by atoms with Gasteiger partial charge in [0.15, 0.2) is 0 Å². The Labute approximate surface area is 86.0 Å². The average Bonchev–Trinajstić information content (AvgIpc) is 2.99. The van der Waals surface area contributed by atoms with Gasteiger partial charge in [0.2, 0.25) is 0 Å². The van der Waals surface area contributed by atoms with Crippen LogP contribution in [0.5, 0.6) is 0 Å². The van der Waals surface area contributed by atoms with Gasteiger partial charge in [-0.15, -0.1) is 0 Å². The first-order valence-corrected chi connectivity index (χ1v) is 6.11. The summed E-state index contributed by atoms with van der Waals surface area (Å²) in [5.41, 5.74) is 6.70. The largest absolute Gasteiger partial charge is 0.387 e. The predicted molar refractivity (Wildman–Crippen MR) is 58.3 cm³/mol. The van der Waals surface area contributed by atoms with E-state index >= 15 is 0 Å². The molecule has 3 aliphatic carbocycles. The molecule has 0 aromatic carbocycles. The van der Waals surface area contributed by atoms with Crippen molar-refractivity contribution >= 4 is 5.84 Å². The lowest BCUT2D eigenvalue weighted by Crippen LogP contribution is -2.24. The van der Waals surface area contributed by atoms with Crippen molar-refractivity contribution in [3.05, 3.63) is 0 Å². The topological polar surface area (TPSA) is 38.4 Å². The van der Waals surface area contributed by atoms with Crippen molar-refractivity contribution in [3.8, 4) is 0 Å². The van der Waals surface area contributed by atoms with Gasteiger partial charge in [0.05, 0.1) is 11.9 Å². The minimum atomic E-state index is 0.576. The van der Waals surface area contributed by atoms with Crippen LogP contribution in [-0.2, 0) is 0 Å². The van der Waals surface area contributed by atoms with Gasteiger partial charge in [-0.1, -0.05) is 6.42 Å². The summed E-state index contributed by atoms with van der Waals surface area (Å²) in [6.45, 7) is 0. The molecule has 0 heterocycles. The molecule has 78 valence electrons. The van der Waals surface area contributed by atoms with Crippen LogP contribution in [-0.4, -0.2) is 11.9 Å². The minimum Gasteiger partial charge on any atom is -0.387 e. The standard InChI is InChI=1S/C12H20N2/c13-11(9-3-4-9)14-10-2-1-5-12(8-10)6-7-12/h9-10H,1-8H2,(H2,13,14). The van der Waals surface area contributed by atoms with Gasteiger partial charge in [-0.2, -0.15) is 0 Å². The maximum atomic E-state index is 5.97. The summed E-state index contributed by atoms with van der Waals surface area (Å²) in [5.74, 6) is 1.62. The molecule has 0 aromatic rings. The van der Waals surface area contributed by atoms with Crippen molar-refractivity contribution in [2.24, 2.45) is 22.1 Å². The summed E-state index contributed by atoms with van der Waals surface area (Å²) < 4.78 is 0. The highest BCUT2D eigenvalue weighted by Crippen LogP contribution is 2.56. The van der Waals surface area contributed by atoms with Crippen LogP contribution in [0.2, 0.25) is 0 Å². The van der Waals surface area contributed by atoms with Crippen LogP contribution in [0.15, 0.2) is 4.99 Å². The summed E-state index contributed by atoms with van der Waals surface area (Å²) in [6.07, 6.45) is 11.0. The second kappa shape index (κ2) is 2.98. The van der Waals surface area contributed by atoms with Crippen LogP contribution in [0.25, 0.3) is 0 Å². The molecule has 3 saturated carbocycles. The molecule has 0 aromatic heterocycles. The lowest BCUT2D eigenvalue weighted by molar-refractivity contribution is 0.303. The first-order chi connectivity index (χ1) is 6.77. The highest BCUT2D eigenvalue weighted by molar-refractivity contribution is 5.85. The summed E-state index contributed by atoms with van der Waals surface area (Å²) in [5, 5.41) is 0. The molecule has 2 heteroatoms. The number of aliphatic imine (C=N–C) groups is 1. The maximum Gasteiger partial charge on any atom is 0.0971 e. The van der Waals surface area contributed by atoms with Crippen LogP contribution in [0.4, 0.5) is 0 Å². The second-order valence-electron chi connectivity index (χ2n) is 5.58. The van der Waals surface area contributed by atoms with Crippen molar-refractivity contribution < 1.29 is 0 Å². The van der Waals surface area contributed by atoms with E-state index in [0.29, 0.717) is 12.0 Å². The number of nitrogens with zero attached hydrogens (tertiary/aromatic N) is 1. The fourth-order valence-corrected chi connectivity index (χ4v) is 2.85. The van der Waals surface area contributed by atoms with Crippen LogP contribution < -0.4 is 5.73 Å². The molecule has 14 heavy (non-hydrogen) atoms. The summed E-state index contributed by atoms with van der Waals surface area (Å²) >= 11 is 0. The zero-order chi connectivity index (χ0) is 9.60. The Morgan fingerprint density at radius 2 is 1.93 bits per heavy atom. The van der Waals surface area contributed by atoms with E-state index in [0.717, 1.165) is 11.3 Å². The van der Waals surface area contributed by atoms with Crippen molar-refractivity contribution in [3.63, 3.8) is 0 Å². The summed E-state index contributed by atoms with van der Waals surface area (Å²) in [6, 6.07) is 0.576. The summed E-state index contributed by atoms with van der Waals surface area (Å²) in [4.78, 5) is 4.73. The number of amidine groups is 1. The highest BCUT2D eigenvalue weighted by Gasteiger charge is 2.45. The van der Waals surface area contributed by atoms with Crippen molar-refractivity contribution in [2.75, 3.05) is 0 Å². The van der Waals surface area contributed by atoms with Crippen molar-refractivity contribution in [1.29, 1.82) is 0 Å². The molecule has 2 nitrogen and oxygen atoms in total. The van der Waals surface area contributed by atoms with E-state index in [2.05, 4.69) is 0 Å². The lowest BCUT2D eigenvalue weighted by Gasteiger charge is -2.26. The fourth-order valence-electron chi connectivity index (χ4n) is 2.85. The van der Waals surface area contributed by atoms with Crippen LogP contribution in [0.3, 0.4) is 0 Å². The van der Waals surface area contributed by atoms with Gasteiger partial charge in [-0.3, -0.25) is 4.99 Å². The third-order valence-electron chi connectivity index (χ3n) is 4.20. The van der Waals surface area contributed by atoms with Crippen LogP contribution >= 0.6 is 0 Å². The van der Waals surface area contributed by atoms with E-state index < -0.39 is 0 Å². The zero-order valence-electron chi connectivity index (χ0n) is 8.84. The molecule has 3 fully saturated rings. The molecule has 0 bridgehead atoms. The molecule has 3 rings (SSSR count). The Morgan fingerprint density at radius 1 is 1.14 bits per heavy atom. The first kappa shape index (κ1) is 8.75. The highest BCUT2D eigenvalue weighted by atomic mass is 14.9. The van der Waals surface area contributed by atoms with E-state index in [-0.39, 0.29) is 0 Å². The van der Waals surface area contributed by atoms with Crippen LogP contribution in [0.1, 0.15) is 51.4 Å². The predicted octanol–water partition coefficient (Wildman–Crippen LogP) is 2.48. The first-order valence-electron chi connectivity index (χ1n) is 6.11. The van der Waals surface area contributed by atoms with Crippen LogP contribution in [0, 0.1) is 11.3 Å². The molecule has 1 unspecified atom stereocenters. The van der Waals surface area contributed by atoms with E-state index in [4.69, 9.17) is 10.7 Å². The Hall–Kier alpha value is -0.530. The number of rotatable bonds is 2. The Balaban J connectivity index is 1.63. The SMILES string of the molecule is NC(=NC1CCCC2(CC2)C1)C1CC1. The molecule has 0 saturated heterocycles. The van der Waals surface area contributed by atoms with Gasteiger partial charge in [-0.05, 0) is 50.4 Å². The molecule has 3 aliphatic rings. The third-order valence-corrected chi connectivity index (χ3v) is 4.20. The number of hydrogen-bond donors (Lipinski definition) is 1. The molecular formula is C12H20N2. The smallest absolute Gasteiger partial charge is 0.0971 e. The molecule has 0 amide bonds. The zero-order valence-corrected chi connectivity index (χ0v) is 8.84. The normalized spacial score (nSPS) is 36.0. The molecule has 1 atom stereocenters. The van der Waals surface area contributed by atoms with Crippen molar-refractivity contribution in [2.45, 2.75) is 57.4 Å². The van der Waals surface area contributed by atoms with Gasteiger partial charge in [0.1, 0.15) is 0 Å². The van der Waals surface area contributed by atoms with E-state index in [1.807, 2.05) is 0 Å². The Bertz CT molecular complexity index is 261.